The van der Waals surface area contributed by atoms with Gasteiger partial charge in [-0.1, -0.05) is 51.9 Å². The zero-order valence-corrected chi connectivity index (χ0v) is 10.8. The van der Waals surface area contributed by atoms with E-state index in [2.05, 4.69) is 6.92 Å². The second kappa shape index (κ2) is 6.05. The molecule has 2 rings (SSSR count). The summed E-state index contributed by atoms with van der Waals surface area (Å²) in [4.78, 5) is 0. The summed E-state index contributed by atoms with van der Waals surface area (Å²) in [6.07, 6.45) is 13.5. The van der Waals surface area contributed by atoms with Gasteiger partial charge in [-0.2, -0.15) is 0 Å². The Hall–Kier alpha value is -0.0400. The molecule has 0 aromatic rings. The molecule has 0 heterocycles. The van der Waals surface area contributed by atoms with Crippen LogP contribution in [0.2, 0.25) is 0 Å². The van der Waals surface area contributed by atoms with Crippen molar-refractivity contribution in [2.45, 2.75) is 77.2 Å². The highest BCUT2D eigenvalue weighted by atomic mass is 16.3. The van der Waals surface area contributed by atoms with Gasteiger partial charge in [-0.3, -0.25) is 0 Å². The van der Waals surface area contributed by atoms with Gasteiger partial charge in [-0.25, -0.2) is 0 Å². The fraction of sp³-hybridized carbons (Fsp3) is 1.00. The van der Waals surface area contributed by atoms with Crippen LogP contribution in [0.5, 0.6) is 0 Å². The molecule has 0 aromatic heterocycles. The van der Waals surface area contributed by atoms with Gasteiger partial charge in [0.25, 0.3) is 0 Å². The maximum atomic E-state index is 10.0. The highest BCUT2D eigenvalue weighted by molar-refractivity contribution is 4.79. The SMILES string of the molecule is CC(CC1CCCCC1O)C1CCCCC1. The highest BCUT2D eigenvalue weighted by Gasteiger charge is 2.28. The third-order valence-corrected chi connectivity index (χ3v) is 5.00. The van der Waals surface area contributed by atoms with Crippen molar-refractivity contribution in [1.82, 2.24) is 0 Å². The first-order valence-electron chi connectivity index (χ1n) is 7.45. The second-order valence-electron chi connectivity index (χ2n) is 6.22. The van der Waals surface area contributed by atoms with E-state index in [9.17, 15) is 5.11 Å². The minimum absolute atomic E-state index is 0.0137. The molecule has 3 atom stereocenters. The van der Waals surface area contributed by atoms with E-state index >= 15 is 0 Å². The third kappa shape index (κ3) is 3.23. The predicted octanol–water partition coefficient (Wildman–Crippen LogP) is 4.14. The van der Waals surface area contributed by atoms with Crippen molar-refractivity contribution in [3.63, 3.8) is 0 Å². The summed E-state index contributed by atoms with van der Waals surface area (Å²) in [7, 11) is 0. The number of hydrogen-bond acceptors (Lipinski definition) is 1. The fourth-order valence-electron chi connectivity index (χ4n) is 3.84. The molecule has 0 amide bonds. The topological polar surface area (TPSA) is 20.2 Å². The maximum Gasteiger partial charge on any atom is 0.0568 e. The van der Waals surface area contributed by atoms with E-state index < -0.39 is 0 Å². The number of aliphatic hydroxyl groups excluding tert-OH is 1. The lowest BCUT2D eigenvalue weighted by Crippen LogP contribution is -2.28. The molecule has 2 saturated carbocycles. The van der Waals surface area contributed by atoms with Crippen LogP contribution in [0.3, 0.4) is 0 Å². The van der Waals surface area contributed by atoms with Gasteiger partial charge >= 0.3 is 0 Å². The second-order valence-corrected chi connectivity index (χ2v) is 6.22. The van der Waals surface area contributed by atoms with Crippen molar-refractivity contribution in [2.75, 3.05) is 0 Å². The molecule has 2 fully saturated rings. The van der Waals surface area contributed by atoms with Gasteiger partial charge in [0, 0.05) is 0 Å². The predicted molar refractivity (Wildman–Crippen MR) is 68.3 cm³/mol. The Morgan fingerprint density at radius 3 is 2.25 bits per heavy atom. The molecule has 3 unspecified atom stereocenters. The Morgan fingerprint density at radius 2 is 1.56 bits per heavy atom. The number of rotatable bonds is 3. The van der Waals surface area contributed by atoms with Crippen molar-refractivity contribution in [2.24, 2.45) is 17.8 Å². The van der Waals surface area contributed by atoms with Gasteiger partial charge in [0.2, 0.25) is 0 Å². The van der Waals surface area contributed by atoms with Crippen LogP contribution >= 0.6 is 0 Å². The Balaban J connectivity index is 1.78. The van der Waals surface area contributed by atoms with E-state index in [4.69, 9.17) is 0 Å². The summed E-state index contributed by atoms with van der Waals surface area (Å²) in [6, 6.07) is 0. The van der Waals surface area contributed by atoms with E-state index in [0.717, 1.165) is 18.3 Å². The van der Waals surface area contributed by atoms with Crippen molar-refractivity contribution in [1.29, 1.82) is 0 Å². The summed E-state index contributed by atoms with van der Waals surface area (Å²) in [5.74, 6) is 2.42. The zero-order chi connectivity index (χ0) is 11.4. The lowest BCUT2D eigenvalue weighted by Gasteiger charge is -2.34. The van der Waals surface area contributed by atoms with Crippen molar-refractivity contribution < 1.29 is 5.11 Å². The van der Waals surface area contributed by atoms with Crippen LogP contribution in [0.4, 0.5) is 0 Å². The Labute approximate surface area is 101 Å². The van der Waals surface area contributed by atoms with E-state index in [0.29, 0.717) is 5.92 Å². The standard InChI is InChI=1S/C15H28O/c1-12(13-7-3-2-4-8-13)11-14-9-5-6-10-15(14)16/h12-16H,2-11H2,1H3. The molecule has 0 saturated heterocycles. The Morgan fingerprint density at radius 1 is 0.938 bits per heavy atom. The molecule has 1 heteroatoms. The average molecular weight is 224 g/mol. The maximum absolute atomic E-state index is 10.0. The lowest BCUT2D eigenvalue weighted by atomic mass is 9.73. The molecule has 2 aliphatic rings. The molecule has 0 bridgehead atoms. The monoisotopic (exact) mass is 224 g/mol. The van der Waals surface area contributed by atoms with E-state index in [1.54, 1.807) is 0 Å². The largest absolute Gasteiger partial charge is 0.393 e. The first-order valence-corrected chi connectivity index (χ1v) is 7.45. The molecule has 0 aliphatic heterocycles. The van der Waals surface area contributed by atoms with E-state index in [1.807, 2.05) is 0 Å². The van der Waals surface area contributed by atoms with Crippen molar-refractivity contribution >= 4 is 0 Å². The van der Waals surface area contributed by atoms with Gasteiger partial charge < -0.3 is 5.11 Å². The summed E-state index contributed by atoms with van der Waals surface area (Å²) >= 11 is 0. The fourth-order valence-corrected chi connectivity index (χ4v) is 3.84. The van der Waals surface area contributed by atoms with E-state index in [-0.39, 0.29) is 6.10 Å². The molecule has 0 spiro atoms. The molecule has 2 aliphatic carbocycles. The smallest absolute Gasteiger partial charge is 0.0568 e. The first-order chi connectivity index (χ1) is 7.77. The normalized spacial score (nSPS) is 34.9. The van der Waals surface area contributed by atoms with Crippen LogP contribution in [0.1, 0.15) is 71.1 Å². The Kier molecular flexibility index (Phi) is 4.69. The lowest BCUT2D eigenvalue weighted by molar-refractivity contribution is 0.0490. The molecule has 1 nitrogen and oxygen atoms in total. The number of hydrogen-bond donors (Lipinski definition) is 1. The molecule has 94 valence electrons. The molecule has 0 aromatic carbocycles. The molecule has 16 heavy (non-hydrogen) atoms. The average Bonchev–Trinajstić information content (AvgIpc) is 2.33. The van der Waals surface area contributed by atoms with Crippen molar-refractivity contribution in [3.05, 3.63) is 0 Å². The van der Waals surface area contributed by atoms with Crippen LogP contribution in [0, 0.1) is 17.8 Å². The Bertz CT molecular complexity index is 196. The van der Waals surface area contributed by atoms with Gasteiger partial charge in [0.15, 0.2) is 0 Å². The molecular formula is C15H28O. The summed E-state index contributed by atoms with van der Waals surface area (Å²) in [5.41, 5.74) is 0. The zero-order valence-electron chi connectivity index (χ0n) is 10.8. The molecule has 0 radical (unpaired) electrons. The van der Waals surface area contributed by atoms with E-state index in [1.165, 1.54) is 57.8 Å². The number of aliphatic hydroxyl groups is 1. The summed E-state index contributed by atoms with van der Waals surface area (Å²) < 4.78 is 0. The third-order valence-electron chi connectivity index (χ3n) is 5.00. The van der Waals surface area contributed by atoms with Crippen LogP contribution in [0.25, 0.3) is 0 Å². The highest BCUT2D eigenvalue weighted by Crippen LogP contribution is 2.36. The minimum atomic E-state index is 0.0137. The summed E-state index contributed by atoms with van der Waals surface area (Å²) in [5, 5.41) is 10.0. The quantitative estimate of drug-likeness (QED) is 0.763. The molecular weight excluding hydrogens is 196 g/mol. The van der Waals surface area contributed by atoms with Crippen LogP contribution in [-0.2, 0) is 0 Å². The van der Waals surface area contributed by atoms with Crippen molar-refractivity contribution in [3.8, 4) is 0 Å². The molecule has 1 N–H and O–H groups in total. The van der Waals surface area contributed by atoms with Crippen LogP contribution in [0.15, 0.2) is 0 Å². The van der Waals surface area contributed by atoms with Gasteiger partial charge in [-0.05, 0) is 37.0 Å². The van der Waals surface area contributed by atoms with Crippen LogP contribution < -0.4 is 0 Å². The van der Waals surface area contributed by atoms with Gasteiger partial charge in [0.05, 0.1) is 6.10 Å². The van der Waals surface area contributed by atoms with Gasteiger partial charge in [0.1, 0.15) is 0 Å². The van der Waals surface area contributed by atoms with Crippen LogP contribution in [-0.4, -0.2) is 11.2 Å². The van der Waals surface area contributed by atoms with Gasteiger partial charge in [-0.15, -0.1) is 0 Å². The first kappa shape index (κ1) is 12.4. The summed E-state index contributed by atoms with van der Waals surface area (Å²) in [6.45, 7) is 2.43. The minimum Gasteiger partial charge on any atom is -0.393 e.